The number of thiocarbonyl (C=S) groups is 1. The van der Waals surface area contributed by atoms with E-state index in [4.69, 9.17) is 26.4 Å². The predicted molar refractivity (Wildman–Crippen MR) is 168 cm³/mol. The highest BCUT2D eigenvalue weighted by molar-refractivity contribution is 9.10. The molecule has 0 bridgehead atoms. The van der Waals surface area contributed by atoms with E-state index < -0.39 is 17.9 Å². The number of amides is 1. The van der Waals surface area contributed by atoms with E-state index in [-0.39, 0.29) is 13.2 Å². The average Bonchev–Trinajstić information content (AvgIpc) is 2.95. The number of aryl methyl sites for hydroxylation is 1. The Morgan fingerprint density at radius 1 is 1.05 bits per heavy atom. The highest BCUT2D eigenvalue weighted by atomic mass is 79.9. The number of ether oxygens (including phenoxy) is 3. The molecule has 11 heteroatoms. The number of para-hydroxylation sites is 1. The van der Waals surface area contributed by atoms with E-state index in [0.717, 1.165) is 15.6 Å². The van der Waals surface area contributed by atoms with E-state index in [1.807, 2.05) is 49.4 Å². The maximum atomic E-state index is 12.7. The minimum absolute atomic E-state index is 0.231. The van der Waals surface area contributed by atoms with Gasteiger partial charge >= 0.3 is 5.97 Å². The molecule has 0 aromatic heterocycles. The molecule has 1 atom stereocenters. The van der Waals surface area contributed by atoms with Crippen molar-refractivity contribution in [3.8, 4) is 11.5 Å². The summed E-state index contributed by atoms with van der Waals surface area (Å²) >= 11 is 8.85. The lowest BCUT2D eigenvalue weighted by Crippen LogP contribution is -2.45. The summed E-state index contributed by atoms with van der Waals surface area (Å²) in [6.07, 6.45) is 1.53. The molecule has 0 saturated heterocycles. The first-order chi connectivity index (χ1) is 20.2. The number of hydrazone groups is 1. The van der Waals surface area contributed by atoms with Gasteiger partial charge in [0, 0.05) is 11.3 Å². The number of nitrogens with zero attached hydrogens (tertiary/aromatic N) is 1. The van der Waals surface area contributed by atoms with E-state index in [1.165, 1.54) is 11.8 Å². The normalized spacial score (nSPS) is 14.7. The maximum absolute atomic E-state index is 12.7. The van der Waals surface area contributed by atoms with Crippen molar-refractivity contribution in [1.82, 2.24) is 16.1 Å². The monoisotopic (exact) mass is 650 g/mol. The zero-order chi connectivity index (χ0) is 30.1. The molecular formula is C31H31BrN4O5S. The average molecular weight is 652 g/mol. The van der Waals surface area contributed by atoms with Gasteiger partial charge in [0.25, 0.3) is 5.91 Å². The van der Waals surface area contributed by atoms with Gasteiger partial charge in [0.1, 0.15) is 18.1 Å². The van der Waals surface area contributed by atoms with Crippen LogP contribution in [0.3, 0.4) is 0 Å². The molecule has 0 aliphatic carbocycles. The number of nitrogens with one attached hydrogen (secondary N) is 3. The quantitative estimate of drug-likeness (QED) is 0.112. The molecule has 0 unspecified atom stereocenters. The summed E-state index contributed by atoms with van der Waals surface area (Å²) < 4.78 is 17.8. The topological polar surface area (TPSA) is 110 Å². The highest BCUT2D eigenvalue weighted by Crippen LogP contribution is 2.33. The minimum Gasteiger partial charge on any atom is -0.488 e. The second kappa shape index (κ2) is 14.6. The summed E-state index contributed by atoms with van der Waals surface area (Å²) in [5.74, 6) is 0.190. The fourth-order valence-electron chi connectivity index (χ4n) is 4.29. The van der Waals surface area contributed by atoms with Gasteiger partial charge in [-0.1, -0.05) is 48.0 Å². The molecule has 4 rings (SSSR count). The molecule has 0 fully saturated rings. The predicted octanol–water partition coefficient (Wildman–Crippen LogP) is 5.22. The van der Waals surface area contributed by atoms with Crippen molar-refractivity contribution in [2.24, 2.45) is 5.10 Å². The maximum Gasteiger partial charge on any atom is 0.338 e. The van der Waals surface area contributed by atoms with Crippen molar-refractivity contribution in [3.63, 3.8) is 0 Å². The second-order valence-electron chi connectivity index (χ2n) is 9.38. The van der Waals surface area contributed by atoms with Crippen molar-refractivity contribution < 1.29 is 23.8 Å². The van der Waals surface area contributed by atoms with Gasteiger partial charge in [0.15, 0.2) is 11.7 Å². The van der Waals surface area contributed by atoms with Crippen molar-refractivity contribution in [2.45, 2.75) is 33.4 Å². The molecule has 1 heterocycles. The fraction of sp³-hybridized carbons (Fsp3) is 0.226. The Hall–Kier alpha value is -4.22. The Morgan fingerprint density at radius 2 is 1.86 bits per heavy atom. The Labute approximate surface area is 258 Å². The van der Waals surface area contributed by atoms with Crippen LogP contribution in [0.5, 0.6) is 11.5 Å². The zero-order valence-electron chi connectivity index (χ0n) is 23.4. The molecule has 0 saturated carbocycles. The van der Waals surface area contributed by atoms with Crippen LogP contribution in [-0.4, -0.2) is 36.4 Å². The van der Waals surface area contributed by atoms with Crippen molar-refractivity contribution in [1.29, 1.82) is 0 Å². The first-order valence-corrected chi connectivity index (χ1v) is 14.4. The van der Waals surface area contributed by atoms with E-state index >= 15 is 0 Å². The van der Waals surface area contributed by atoms with Gasteiger partial charge in [-0.05, 0) is 84.3 Å². The molecule has 3 aromatic carbocycles. The van der Waals surface area contributed by atoms with Gasteiger partial charge in [-0.3, -0.25) is 4.79 Å². The number of esters is 1. The number of hydrogen-bond acceptors (Lipinski definition) is 7. The largest absolute Gasteiger partial charge is 0.488 e. The Balaban J connectivity index is 1.35. The van der Waals surface area contributed by atoms with Crippen LogP contribution in [0.1, 0.15) is 42.1 Å². The zero-order valence-corrected chi connectivity index (χ0v) is 25.8. The van der Waals surface area contributed by atoms with Gasteiger partial charge in [0.05, 0.1) is 28.9 Å². The number of halogens is 1. The van der Waals surface area contributed by atoms with Crippen LogP contribution in [0.2, 0.25) is 0 Å². The number of hydrogen-bond donors (Lipinski definition) is 3. The summed E-state index contributed by atoms with van der Waals surface area (Å²) in [6, 6.07) is 20.2. The number of allylic oxidation sites excluding steroid dienone is 1. The lowest BCUT2D eigenvalue weighted by Gasteiger charge is -2.30. The van der Waals surface area contributed by atoms with E-state index in [2.05, 4.69) is 43.2 Å². The lowest BCUT2D eigenvalue weighted by molar-refractivity contribution is -0.139. The van der Waals surface area contributed by atoms with Crippen LogP contribution in [0.25, 0.3) is 0 Å². The summed E-state index contributed by atoms with van der Waals surface area (Å²) in [5.41, 5.74) is 7.10. The third-order valence-corrected chi connectivity index (χ3v) is 7.03. The number of carbonyl (C=O) groups is 2. The number of carbonyl (C=O) groups excluding carboxylic acids is 2. The third-order valence-electron chi connectivity index (χ3n) is 6.19. The third kappa shape index (κ3) is 8.17. The smallest absolute Gasteiger partial charge is 0.338 e. The van der Waals surface area contributed by atoms with Crippen molar-refractivity contribution in [3.05, 3.63) is 105 Å². The van der Waals surface area contributed by atoms with Gasteiger partial charge in [-0.15, -0.1) is 0 Å². The molecule has 1 aliphatic rings. The molecule has 218 valence electrons. The minimum atomic E-state index is -0.614. The molecular weight excluding hydrogens is 620 g/mol. The Kier molecular flexibility index (Phi) is 10.7. The SMILES string of the molecule is CCOC(=O)C1=C(C)NC(=S)N[C@H]1c1ccccc1OCC(=O)NN=Cc1ccc(OCc2cccc(C)c2)c(Br)c1. The molecule has 1 aliphatic heterocycles. The first-order valence-electron chi connectivity index (χ1n) is 13.2. The second-order valence-corrected chi connectivity index (χ2v) is 10.6. The first kappa shape index (κ1) is 30.7. The summed E-state index contributed by atoms with van der Waals surface area (Å²) in [7, 11) is 0. The Morgan fingerprint density at radius 3 is 2.62 bits per heavy atom. The van der Waals surface area contributed by atoms with Crippen LogP contribution < -0.4 is 25.5 Å². The van der Waals surface area contributed by atoms with Crippen LogP contribution >= 0.6 is 28.1 Å². The lowest BCUT2D eigenvalue weighted by atomic mass is 9.95. The van der Waals surface area contributed by atoms with E-state index in [9.17, 15) is 9.59 Å². The van der Waals surface area contributed by atoms with Crippen LogP contribution in [0.4, 0.5) is 0 Å². The van der Waals surface area contributed by atoms with Crippen LogP contribution in [0, 0.1) is 6.92 Å². The Bertz CT molecular complexity index is 1540. The van der Waals surface area contributed by atoms with Crippen LogP contribution in [0.15, 0.2) is 87.6 Å². The van der Waals surface area contributed by atoms with Gasteiger partial charge in [-0.25, -0.2) is 10.2 Å². The van der Waals surface area contributed by atoms with Gasteiger partial charge < -0.3 is 24.8 Å². The summed E-state index contributed by atoms with van der Waals surface area (Å²) in [5, 5.41) is 10.5. The summed E-state index contributed by atoms with van der Waals surface area (Å²) in [4.78, 5) is 25.2. The van der Waals surface area contributed by atoms with Crippen molar-refractivity contribution in [2.75, 3.05) is 13.2 Å². The van der Waals surface area contributed by atoms with E-state index in [0.29, 0.717) is 40.1 Å². The molecule has 3 aromatic rings. The number of rotatable bonds is 11. The standard InChI is InChI=1S/C31H31BrN4O5S/c1-4-39-30(38)28-20(3)34-31(42)35-29(28)23-10-5-6-11-25(23)41-18-27(37)36-33-16-21-12-13-26(24(32)15-21)40-17-22-9-7-8-19(2)14-22/h5-16,29H,4,17-18H2,1-3H3,(H,36,37)(H2,34,35,42)/t29-/m0/s1. The highest BCUT2D eigenvalue weighted by Gasteiger charge is 2.32. The van der Waals surface area contributed by atoms with Gasteiger partial charge in [0.2, 0.25) is 0 Å². The summed E-state index contributed by atoms with van der Waals surface area (Å²) in [6.45, 7) is 5.93. The fourth-order valence-corrected chi connectivity index (χ4v) is 5.07. The molecule has 0 radical (unpaired) electrons. The van der Waals surface area contributed by atoms with Crippen LogP contribution in [-0.2, 0) is 20.9 Å². The van der Waals surface area contributed by atoms with Gasteiger partial charge in [-0.2, -0.15) is 5.10 Å². The molecule has 42 heavy (non-hydrogen) atoms. The van der Waals surface area contributed by atoms with Crippen molar-refractivity contribution >= 4 is 51.4 Å². The molecule has 9 nitrogen and oxygen atoms in total. The molecule has 3 N–H and O–H groups in total. The molecule has 0 spiro atoms. The number of benzene rings is 3. The van der Waals surface area contributed by atoms with E-state index in [1.54, 1.807) is 32.0 Å². The molecule has 1 amide bonds.